The van der Waals surface area contributed by atoms with Gasteiger partial charge in [-0.2, -0.15) is 0 Å². The summed E-state index contributed by atoms with van der Waals surface area (Å²) in [6, 6.07) is 16.5. The van der Waals surface area contributed by atoms with Gasteiger partial charge in [0, 0.05) is 44.3 Å². The number of amides is 2. The highest BCUT2D eigenvalue weighted by atomic mass is 16.6. The molecule has 2 amide bonds. The standard InChI is InChI=1S/C29H31N7O4.H2/c1-29(2,3)40-28(38)36-15-7-14-35(16-17-36)27(37)21-12-10-19(11-13-21)22-18-31-24(30)23(32-22)26-34-33-25(39-26)20-8-5-4-6-9-20;/h4-6,8-13,18H,7,14-17H2,1-3H3,(H2,30,31);1H. The first kappa shape index (κ1) is 26.8. The van der Waals surface area contributed by atoms with Crippen molar-refractivity contribution >= 4 is 17.8 Å². The molecule has 0 spiro atoms. The smallest absolute Gasteiger partial charge is 0.410 e. The SMILES string of the molecule is CC(C)(C)OC(=O)N1CCCN(C(=O)c2ccc(-c3cnc(N)c(-c4nnc(-c5ccccc5)o4)n3)cc2)CC1.[HH]. The van der Waals surface area contributed by atoms with E-state index in [-0.39, 0.29) is 30.8 Å². The molecule has 4 aromatic rings. The molecule has 0 unspecified atom stereocenters. The third-order valence-corrected chi connectivity index (χ3v) is 6.31. The van der Waals surface area contributed by atoms with Gasteiger partial charge >= 0.3 is 6.09 Å². The summed E-state index contributed by atoms with van der Waals surface area (Å²) in [5.74, 6) is 0.591. The molecular weight excluding hydrogens is 510 g/mol. The minimum atomic E-state index is -0.563. The van der Waals surface area contributed by atoms with Gasteiger partial charge in [0.25, 0.3) is 11.8 Å². The van der Waals surface area contributed by atoms with Crippen molar-refractivity contribution in [2.24, 2.45) is 0 Å². The fourth-order valence-electron chi connectivity index (χ4n) is 4.31. The second-order valence-electron chi connectivity index (χ2n) is 10.5. The second-order valence-corrected chi connectivity index (χ2v) is 10.5. The van der Waals surface area contributed by atoms with Gasteiger partial charge in [-0.25, -0.2) is 14.8 Å². The maximum atomic E-state index is 13.2. The summed E-state index contributed by atoms with van der Waals surface area (Å²) in [7, 11) is 0. The van der Waals surface area contributed by atoms with Crippen LogP contribution in [0.15, 0.2) is 65.2 Å². The summed E-state index contributed by atoms with van der Waals surface area (Å²) in [5, 5.41) is 8.21. The van der Waals surface area contributed by atoms with Crippen LogP contribution in [-0.2, 0) is 4.74 Å². The summed E-state index contributed by atoms with van der Waals surface area (Å²) < 4.78 is 11.3. The molecule has 0 aliphatic carbocycles. The maximum absolute atomic E-state index is 13.2. The molecule has 0 saturated carbocycles. The Bertz CT molecular complexity index is 1500. The zero-order valence-electron chi connectivity index (χ0n) is 22.7. The van der Waals surface area contributed by atoms with Crippen molar-refractivity contribution in [2.75, 3.05) is 31.9 Å². The number of nitrogens with zero attached hydrogens (tertiary/aromatic N) is 6. The van der Waals surface area contributed by atoms with Gasteiger partial charge in [0.2, 0.25) is 5.89 Å². The van der Waals surface area contributed by atoms with Crippen molar-refractivity contribution in [1.82, 2.24) is 30.0 Å². The Kier molecular flexibility index (Phi) is 7.45. The average molecular weight is 544 g/mol. The topological polar surface area (TPSA) is 141 Å². The normalized spacial score (nSPS) is 14.1. The Hall–Kier alpha value is -4.80. The fourth-order valence-corrected chi connectivity index (χ4v) is 4.31. The third-order valence-electron chi connectivity index (χ3n) is 6.31. The van der Waals surface area contributed by atoms with Gasteiger partial charge in [-0.05, 0) is 51.5 Å². The predicted octanol–water partition coefficient (Wildman–Crippen LogP) is 4.77. The van der Waals surface area contributed by atoms with Crippen molar-refractivity contribution < 1.29 is 20.2 Å². The number of rotatable bonds is 4. The highest BCUT2D eigenvalue weighted by Crippen LogP contribution is 2.28. The van der Waals surface area contributed by atoms with Crippen molar-refractivity contribution in [3.8, 4) is 34.3 Å². The molecule has 0 atom stereocenters. The molecule has 208 valence electrons. The number of nitrogen functional groups attached to an aromatic ring is 1. The molecule has 0 radical (unpaired) electrons. The molecule has 0 bridgehead atoms. The van der Waals surface area contributed by atoms with E-state index in [0.717, 1.165) is 11.1 Å². The zero-order chi connectivity index (χ0) is 28.3. The van der Waals surface area contributed by atoms with E-state index in [0.29, 0.717) is 49.7 Å². The van der Waals surface area contributed by atoms with E-state index in [1.807, 2.05) is 63.2 Å². The largest absolute Gasteiger partial charge is 0.444 e. The lowest BCUT2D eigenvalue weighted by molar-refractivity contribution is 0.0255. The van der Waals surface area contributed by atoms with Crippen molar-refractivity contribution in [2.45, 2.75) is 32.8 Å². The van der Waals surface area contributed by atoms with Gasteiger partial charge in [0.1, 0.15) is 5.60 Å². The lowest BCUT2D eigenvalue weighted by atomic mass is 10.1. The van der Waals surface area contributed by atoms with E-state index < -0.39 is 5.60 Å². The first-order valence-corrected chi connectivity index (χ1v) is 13.1. The zero-order valence-corrected chi connectivity index (χ0v) is 22.7. The van der Waals surface area contributed by atoms with Crippen LogP contribution >= 0.6 is 0 Å². The van der Waals surface area contributed by atoms with Crippen LogP contribution < -0.4 is 5.73 Å². The molecule has 3 heterocycles. The number of benzene rings is 2. The number of carbonyl (C=O) groups is 2. The Labute approximate surface area is 233 Å². The van der Waals surface area contributed by atoms with Gasteiger partial charge in [0.05, 0.1) is 11.9 Å². The number of anilines is 1. The van der Waals surface area contributed by atoms with Crippen molar-refractivity contribution in [1.29, 1.82) is 0 Å². The first-order chi connectivity index (χ1) is 19.2. The number of hydrogen-bond acceptors (Lipinski definition) is 9. The molecule has 1 aliphatic rings. The lowest BCUT2D eigenvalue weighted by Gasteiger charge is -2.26. The van der Waals surface area contributed by atoms with E-state index >= 15 is 0 Å². The number of ether oxygens (including phenoxy) is 1. The Balaban J connectivity index is 0.00000387. The van der Waals surface area contributed by atoms with Crippen molar-refractivity contribution in [3.63, 3.8) is 0 Å². The quantitative estimate of drug-likeness (QED) is 0.385. The predicted molar refractivity (Wildman–Crippen MR) is 151 cm³/mol. The van der Waals surface area contributed by atoms with E-state index in [4.69, 9.17) is 14.9 Å². The molecule has 5 rings (SSSR count). The minimum absolute atomic E-state index is 0. The molecule has 1 saturated heterocycles. The second kappa shape index (κ2) is 11.1. The number of hydrogen-bond donors (Lipinski definition) is 1. The van der Waals surface area contributed by atoms with Gasteiger partial charge in [-0.1, -0.05) is 30.3 Å². The van der Waals surface area contributed by atoms with Crippen LogP contribution in [0.3, 0.4) is 0 Å². The highest BCUT2D eigenvalue weighted by molar-refractivity contribution is 5.94. The van der Waals surface area contributed by atoms with Crippen LogP contribution in [0.5, 0.6) is 0 Å². The van der Waals surface area contributed by atoms with Crippen LogP contribution in [-0.4, -0.2) is 73.7 Å². The lowest BCUT2D eigenvalue weighted by Crippen LogP contribution is -2.40. The average Bonchev–Trinajstić information content (AvgIpc) is 3.30. The van der Waals surface area contributed by atoms with Gasteiger partial charge < -0.3 is 24.7 Å². The van der Waals surface area contributed by atoms with Gasteiger partial charge in [0.15, 0.2) is 11.5 Å². The first-order valence-electron chi connectivity index (χ1n) is 13.1. The van der Waals surface area contributed by atoms with Crippen LogP contribution in [0.2, 0.25) is 0 Å². The Morgan fingerprint density at radius 1 is 0.900 bits per heavy atom. The van der Waals surface area contributed by atoms with E-state index in [1.165, 1.54) is 0 Å². The number of aromatic nitrogens is 4. The van der Waals surface area contributed by atoms with Crippen LogP contribution in [0.4, 0.5) is 10.6 Å². The van der Waals surface area contributed by atoms with Crippen LogP contribution in [0, 0.1) is 0 Å². The van der Waals surface area contributed by atoms with E-state index in [9.17, 15) is 9.59 Å². The highest BCUT2D eigenvalue weighted by Gasteiger charge is 2.26. The molecule has 11 heteroatoms. The summed E-state index contributed by atoms with van der Waals surface area (Å²) in [5.41, 5.74) is 8.43. The molecule has 1 aliphatic heterocycles. The molecular formula is C29H33N7O4. The van der Waals surface area contributed by atoms with Gasteiger partial charge in [-0.15, -0.1) is 10.2 Å². The minimum Gasteiger partial charge on any atom is -0.444 e. The number of carbonyl (C=O) groups excluding carboxylic acids is 2. The Morgan fingerprint density at radius 2 is 1.57 bits per heavy atom. The summed E-state index contributed by atoms with van der Waals surface area (Å²) in [6.07, 6.45) is 1.88. The molecule has 2 aromatic carbocycles. The maximum Gasteiger partial charge on any atom is 0.410 e. The van der Waals surface area contributed by atoms with E-state index in [2.05, 4.69) is 20.2 Å². The van der Waals surface area contributed by atoms with Crippen LogP contribution in [0.25, 0.3) is 34.3 Å². The molecule has 1 fully saturated rings. The molecule has 11 nitrogen and oxygen atoms in total. The van der Waals surface area contributed by atoms with Crippen molar-refractivity contribution in [3.05, 3.63) is 66.4 Å². The molecule has 40 heavy (non-hydrogen) atoms. The Morgan fingerprint density at radius 3 is 2.30 bits per heavy atom. The summed E-state index contributed by atoms with van der Waals surface area (Å²) >= 11 is 0. The third kappa shape index (κ3) is 6.09. The molecule has 2 N–H and O–H groups in total. The fraction of sp³-hybridized carbons (Fsp3) is 0.310. The summed E-state index contributed by atoms with van der Waals surface area (Å²) in [4.78, 5) is 38.0. The van der Waals surface area contributed by atoms with Gasteiger partial charge in [-0.3, -0.25) is 4.79 Å². The summed E-state index contributed by atoms with van der Waals surface area (Å²) in [6.45, 7) is 7.47. The van der Waals surface area contributed by atoms with E-state index in [1.54, 1.807) is 28.1 Å². The molecule has 2 aromatic heterocycles. The van der Waals surface area contributed by atoms with Crippen LogP contribution in [0.1, 0.15) is 39.0 Å². The monoisotopic (exact) mass is 543 g/mol. The number of nitrogens with two attached hydrogens (primary N) is 1.